The van der Waals surface area contributed by atoms with Gasteiger partial charge in [0, 0.05) is 37.2 Å². The number of fused-ring (bicyclic) bond motifs is 1. The molecule has 2 aromatic rings. The molecule has 104 valence electrons. The van der Waals surface area contributed by atoms with Gasteiger partial charge in [-0.15, -0.1) is 0 Å². The lowest BCUT2D eigenvalue weighted by atomic mass is 10.0. The first-order valence-corrected chi connectivity index (χ1v) is 7.02. The van der Waals surface area contributed by atoms with Crippen molar-refractivity contribution in [1.82, 2.24) is 15.3 Å². The number of hydrogen-bond donors (Lipinski definition) is 1. The summed E-state index contributed by atoms with van der Waals surface area (Å²) in [7, 11) is 0. The minimum Gasteiger partial charge on any atom is -0.312 e. The maximum Gasteiger partial charge on any atom is 0.145 e. The van der Waals surface area contributed by atoms with Crippen molar-refractivity contribution in [2.24, 2.45) is 0 Å². The molecule has 2 heterocycles. The Balaban J connectivity index is 1.95. The highest BCUT2D eigenvalue weighted by Crippen LogP contribution is 2.21. The molecule has 5 heteroatoms. The molecule has 0 saturated heterocycles. The summed E-state index contributed by atoms with van der Waals surface area (Å²) in [5.41, 5.74) is 3.76. The van der Waals surface area contributed by atoms with Gasteiger partial charge in [0.25, 0.3) is 0 Å². The first-order chi connectivity index (χ1) is 9.65. The monoisotopic (exact) mass is 291 g/mol. The van der Waals surface area contributed by atoms with Gasteiger partial charge in [0.2, 0.25) is 0 Å². The minimum absolute atomic E-state index is 0.140. The van der Waals surface area contributed by atoms with E-state index in [1.807, 2.05) is 6.92 Å². The zero-order valence-electron chi connectivity index (χ0n) is 11.2. The predicted octanol–water partition coefficient (Wildman–Crippen LogP) is 2.81. The molecule has 0 amide bonds. The molecule has 1 N–H and O–H groups in total. The van der Waals surface area contributed by atoms with E-state index in [-0.39, 0.29) is 10.8 Å². The highest BCUT2D eigenvalue weighted by molar-refractivity contribution is 6.30. The summed E-state index contributed by atoms with van der Waals surface area (Å²) in [5, 5.41) is 3.45. The van der Waals surface area contributed by atoms with Gasteiger partial charge in [0.05, 0.1) is 10.7 Å². The summed E-state index contributed by atoms with van der Waals surface area (Å²) >= 11 is 5.80. The average Bonchev–Trinajstić information content (AvgIpc) is 2.44. The lowest BCUT2D eigenvalue weighted by Crippen LogP contribution is -2.26. The molecule has 3 rings (SSSR count). The first-order valence-electron chi connectivity index (χ1n) is 6.64. The Bertz CT molecular complexity index is 658. The van der Waals surface area contributed by atoms with Crippen LogP contribution in [0.4, 0.5) is 4.39 Å². The predicted molar refractivity (Wildman–Crippen MR) is 76.4 cm³/mol. The van der Waals surface area contributed by atoms with Crippen molar-refractivity contribution in [3.05, 3.63) is 57.4 Å². The highest BCUT2D eigenvalue weighted by atomic mass is 35.5. The van der Waals surface area contributed by atoms with Crippen LogP contribution in [0.2, 0.25) is 5.02 Å². The molecule has 0 fully saturated rings. The largest absolute Gasteiger partial charge is 0.312 e. The van der Waals surface area contributed by atoms with E-state index < -0.39 is 0 Å². The van der Waals surface area contributed by atoms with E-state index in [0.29, 0.717) is 17.8 Å². The van der Waals surface area contributed by atoms with Gasteiger partial charge in [-0.05, 0) is 18.6 Å². The molecule has 0 atom stereocenters. The number of benzene rings is 1. The van der Waals surface area contributed by atoms with Crippen molar-refractivity contribution in [3.8, 4) is 0 Å². The van der Waals surface area contributed by atoms with E-state index in [4.69, 9.17) is 11.6 Å². The third kappa shape index (κ3) is 2.53. The molecule has 1 aliphatic heterocycles. The van der Waals surface area contributed by atoms with Crippen molar-refractivity contribution in [1.29, 1.82) is 0 Å². The standard InChI is InChI=1S/C15H15ClFN3/c1-9-11-8-18-6-5-13(11)20-14(19-9)7-10-3-2-4-12(16)15(10)17/h2-4,18H,5-8H2,1H3. The van der Waals surface area contributed by atoms with Gasteiger partial charge in [-0.25, -0.2) is 14.4 Å². The van der Waals surface area contributed by atoms with Gasteiger partial charge in [-0.3, -0.25) is 0 Å². The number of halogens is 2. The van der Waals surface area contributed by atoms with Gasteiger partial charge in [-0.1, -0.05) is 23.7 Å². The zero-order valence-corrected chi connectivity index (χ0v) is 12.0. The summed E-state index contributed by atoms with van der Waals surface area (Å²) in [4.78, 5) is 9.07. The lowest BCUT2D eigenvalue weighted by Gasteiger charge is -2.18. The maximum atomic E-state index is 13.9. The molecule has 0 saturated carbocycles. The van der Waals surface area contributed by atoms with E-state index in [0.717, 1.165) is 30.9 Å². The van der Waals surface area contributed by atoms with Crippen LogP contribution in [0.25, 0.3) is 0 Å². The van der Waals surface area contributed by atoms with Crippen LogP contribution in [0, 0.1) is 12.7 Å². The van der Waals surface area contributed by atoms with E-state index in [1.54, 1.807) is 18.2 Å². The van der Waals surface area contributed by atoms with E-state index in [9.17, 15) is 4.39 Å². The van der Waals surface area contributed by atoms with Crippen LogP contribution >= 0.6 is 11.6 Å². The lowest BCUT2D eigenvalue weighted by molar-refractivity contribution is 0.604. The Kier molecular flexibility index (Phi) is 3.68. The van der Waals surface area contributed by atoms with Gasteiger partial charge >= 0.3 is 0 Å². The maximum absolute atomic E-state index is 13.9. The second kappa shape index (κ2) is 5.46. The third-order valence-corrected chi connectivity index (χ3v) is 3.86. The Morgan fingerprint density at radius 2 is 2.20 bits per heavy atom. The fourth-order valence-corrected chi connectivity index (χ4v) is 2.70. The molecular weight excluding hydrogens is 277 g/mol. The smallest absolute Gasteiger partial charge is 0.145 e. The Morgan fingerprint density at radius 3 is 3.05 bits per heavy atom. The molecule has 0 radical (unpaired) electrons. The molecule has 3 nitrogen and oxygen atoms in total. The van der Waals surface area contributed by atoms with Gasteiger partial charge in [0.1, 0.15) is 11.6 Å². The van der Waals surface area contributed by atoms with Crippen LogP contribution in [0.15, 0.2) is 18.2 Å². The number of nitrogens with one attached hydrogen (secondary N) is 1. The third-order valence-electron chi connectivity index (χ3n) is 3.57. The molecule has 0 spiro atoms. The normalized spacial score (nSPS) is 14.2. The van der Waals surface area contributed by atoms with Crippen LogP contribution < -0.4 is 5.32 Å². The van der Waals surface area contributed by atoms with Crippen LogP contribution in [0.1, 0.15) is 28.3 Å². The molecule has 1 aromatic heterocycles. The van der Waals surface area contributed by atoms with Crippen molar-refractivity contribution in [2.45, 2.75) is 26.3 Å². The van der Waals surface area contributed by atoms with Crippen molar-refractivity contribution >= 4 is 11.6 Å². The Hall–Kier alpha value is -1.52. The second-order valence-corrected chi connectivity index (χ2v) is 5.37. The first kappa shape index (κ1) is 13.5. The summed E-state index contributed by atoms with van der Waals surface area (Å²) in [6.45, 7) is 3.72. The van der Waals surface area contributed by atoms with E-state index in [2.05, 4.69) is 15.3 Å². The summed E-state index contributed by atoms with van der Waals surface area (Å²) < 4.78 is 13.9. The highest BCUT2D eigenvalue weighted by Gasteiger charge is 2.16. The fourth-order valence-electron chi connectivity index (χ4n) is 2.51. The van der Waals surface area contributed by atoms with E-state index in [1.165, 1.54) is 5.56 Å². The second-order valence-electron chi connectivity index (χ2n) is 4.97. The number of aromatic nitrogens is 2. The summed E-state index contributed by atoms with van der Waals surface area (Å²) in [5.74, 6) is 0.277. The molecule has 0 unspecified atom stereocenters. The van der Waals surface area contributed by atoms with Gasteiger partial charge in [-0.2, -0.15) is 0 Å². The molecule has 1 aromatic carbocycles. The number of aryl methyl sites for hydroxylation is 1. The van der Waals surface area contributed by atoms with Gasteiger partial charge < -0.3 is 5.32 Å². The molecule has 0 bridgehead atoms. The minimum atomic E-state index is -0.380. The number of hydrogen-bond acceptors (Lipinski definition) is 3. The topological polar surface area (TPSA) is 37.8 Å². The van der Waals surface area contributed by atoms with Crippen molar-refractivity contribution in [3.63, 3.8) is 0 Å². The number of nitrogens with zero attached hydrogens (tertiary/aromatic N) is 2. The van der Waals surface area contributed by atoms with Gasteiger partial charge in [0.15, 0.2) is 0 Å². The van der Waals surface area contributed by atoms with Crippen LogP contribution in [-0.2, 0) is 19.4 Å². The van der Waals surface area contributed by atoms with Crippen LogP contribution in [0.5, 0.6) is 0 Å². The fraction of sp³-hybridized carbons (Fsp3) is 0.333. The van der Waals surface area contributed by atoms with Crippen LogP contribution in [-0.4, -0.2) is 16.5 Å². The van der Waals surface area contributed by atoms with Crippen molar-refractivity contribution < 1.29 is 4.39 Å². The zero-order chi connectivity index (χ0) is 14.1. The summed E-state index contributed by atoms with van der Waals surface area (Å²) in [6.07, 6.45) is 1.26. The van der Waals surface area contributed by atoms with Crippen molar-refractivity contribution in [2.75, 3.05) is 6.54 Å². The number of rotatable bonds is 2. The molecule has 1 aliphatic rings. The SMILES string of the molecule is Cc1nc(Cc2cccc(Cl)c2F)nc2c1CNCC2. The Labute approximate surface area is 122 Å². The summed E-state index contributed by atoms with van der Waals surface area (Å²) in [6, 6.07) is 5.02. The molecule has 20 heavy (non-hydrogen) atoms. The molecule has 0 aliphatic carbocycles. The van der Waals surface area contributed by atoms with E-state index >= 15 is 0 Å². The Morgan fingerprint density at radius 1 is 1.35 bits per heavy atom. The average molecular weight is 292 g/mol. The quantitative estimate of drug-likeness (QED) is 0.924. The van der Waals surface area contributed by atoms with Crippen LogP contribution in [0.3, 0.4) is 0 Å². The molecular formula is C15H15ClFN3.